The van der Waals surface area contributed by atoms with E-state index in [4.69, 9.17) is 9.84 Å². The molecule has 1 aromatic carbocycles. The van der Waals surface area contributed by atoms with Gasteiger partial charge in [0.2, 0.25) is 5.91 Å². The van der Waals surface area contributed by atoms with Gasteiger partial charge in [0, 0.05) is 5.92 Å². The summed E-state index contributed by atoms with van der Waals surface area (Å²) in [7, 11) is 1.61. The maximum atomic E-state index is 12.1. The molecule has 1 fully saturated rings. The van der Waals surface area contributed by atoms with Crippen LogP contribution in [0.1, 0.15) is 25.3 Å². The van der Waals surface area contributed by atoms with Crippen LogP contribution in [0.4, 0.5) is 0 Å². The van der Waals surface area contributed by atoms with E-state index in [1.807, 2.05) is 31.2 Å². The van der Waals surface area contributed by atoms with Crippen LogP contribution in [0.5, 0.6) is 5.75 Å². The number of nitrogens with one attached hydrogen (secondary N) is 1. The number of ether oxygens (including phenoxy) is 1. The molecule has 0 heterocycles. The molecule has 114 valence electrons. The molecule has 2 rings (SSSR count). The Bertz CT molecular complexity index is 508. The lowest BCUT2D eigenvalue weighted by Gasteiger charge is -2.17. The van der Waals surface area contributed by atoms with Crippen molar-refractivity contribution < 1.29 is 19.4 Å². The predicted molar refractivity (Wildman–Crippen MR) is 78.2 cm³/mol. The Labute approximate surface area is 124 Å². The molecule has 0 saturated heterocycles. The summed E-state index contributed by atoms with van der Waals surface area (Å²) in [4.78, 5) is 23.3. The van der Waals surface area contributed by atoms with Gasteiger partial charge in [-0.05, 0) is 42.9 Å². The van der Waals surface area contributed by atoms with Crippen LogP contribution in [0.25, 0.3) is 0 Å². The predicted octanol–water partition coefficient (Wildman–Crippen LogP) is 1.85. The number of methoxy groups -OCH3 is 1. The molecule has 0 aromatic heterocycles. The SMILES string of the molecule is COc1ccc(CC(C)C(=O)NC(C(=O)O)C2CC2)cc1. The van der Waals surface area contributed by atoms with E-state index < -0.39 is 12.0 Å². The highest BCUT2D eigenvalue weighted by Crippen LogP contribution is 2.32. The van der Waals surface area contributed by atoms with Crippen LogP contribution < -0.4 is 10.1 Å². The van der Waals surface area contributed by atoms with Crippen LogP contribution in [0, 0.1) is 11.8 Å². The van der Waals surface area contributed by atoms with Gasteiger partial charge in [0.15, 0.2) is 0 Å². The molecule has 0 spiro atoms. The second-order valence-corrected chi connectivity index (χ2v) is 5.62. The summed E-state index contributed by atoms with van der Waals surface area (Å²) >= 11 is 0. The molecule has 1 aliphatic rings. The first-order valence-corrected chi connectivity index (χ1v) is 7.17. The van der Waals surface area contributed by atoms with Crippen molar-refractivity contribution in [2.45, 2.75) is 32.2 Å². The Kier molecular flexibility index (Phi) is 4.83. The normalized spacial score (nSPS) is 16.9. The highest BCUT2D eigenvalue weighted by atomic mass is 16.5. The molecule has 1 aromatic rings. The number of carbonyl (C=O) groups is 2. The van der Waals surface area contributed by atoms with Crippen LogP contribution in [0.2, 0.25) is 0 Å². The number of aliphatic carboxylic acids is 1. The van der Waals surface area contributed by atoms with E-state index in [2.05, 4.69) is 5.32 Å². The molecule has 21 heavy (non-hydrogen) atoms. The third kappa shape index (κ3) is 4.21. The number of amides is 1. The van der Waals surface area contributed by atoms with Crippen molar-refractivity contribution >= 4 is 11.9 Å². The van der Waals surface area contributed by atoms with Gasteiger partial charge < -0.3 is 15.2 Å². The Morgan fingerprint density at radius 3 is 2.43 bits per heavy atom. The average Bonchev–Trinajstić information content (AvgIpc) is 3.29. The van der Waals surface area contributed by atoms with Crippen molar-refractivity contribution in [3.63, 3.8) is 0 Å². The van der Waals surface area contributed by atoms with Crippen molar-refractivity contribution in [3.05, 3.63) is 29.8 Å². The van der Waals surface area contributed by atoms with Crippen molar-refractivity contribution in [2.75, 3.05) is 7.11 Å². The van der Waals surface area contributed by atoms with E-state index >= 15 is 0 Å². The quantitative estimate of drug-likeness (QED) is 0.804. The standard InChI is InChI=1S/C16H21NO4/c1-10(9-11-3-7-13(21-2)8-4-11)15(18)17-14(16(19)20)12-5-6-12/h3-4,7-8,10,12,14H,5-6,9H2,1-2H3,(H,17,18)(H,19,20). The lowest BCUT2D eigenvalue weighted by molar-refractivity contribution is -0.143. The lowest BCUT2D eigenvalue weighted by atomic mass is 9.99. The molecule has 1 saturated carbocycles. The summed E-state index contributed by atoms with van der Waals surface area (Å²) in [6, 6.07) is 6.79. The molecule has 5 heteroatoms. The molecule has 0 bridgehead atoms. The van der Waals surface area contributed by atoms with E-state index in [0.717, 1.165) is 24.2 Å². The molecular weight excluding hydrogens is 270 g/mol. The van der Waals surface area contributed by atoms with Crippen molar-refractivity contribution in [2.24, 2.45) is 11.8 Å². The summed E-state index contributed by atoms with van der Waals surface area (Å²) < 4.78 is 5.09. The van der Waals surface area contributed by atoms with Crippen molar-refractivity contribution in [1.82, 2.24) is 5.32 Å². The molecule has 1 amide bonds. The fraction of sp³-hybridized carbons (Fsp3) is 0.500. The largest absolute Gasteiger partial charge is 0.497 e. The summed E-state index contributed by atoms with van der Waals surface area (Å²) in [5.74, 6) is -0.540. The number of hydrogen-bond acceptors (Lipinski definition) is 3. The van der Waals surface area contributed by atoms with Crippen LogP contribution in [-0.4, -0.2) is 30.1 Å². The zero-order valence-electron chi connectivity index (χ0n) is 12.3. The monoisotopic (exact) mass is 291 g/mol. The van der Waals surface area contributed by atoms with Crippen LogP contribution in [-0.2, 0) is 16.0 Å². The number of carboxylic acids is 1. The maximum Gasteiger partial charge on any atom is 0.326 e. The molecule has 2 unspecified atom stereocenters. The van der Waals surface area contributed by atoms with E-state index in [1.165, 1.54) is 0 Å². The Morgan fingerprint density at radius 2 is 1.95 bits per heavy atom. The van der Waals surface area contributed by atoms with Gasteiger partial charge in [-0.15, -0.1) is 0 Å². The van der Waals surface area contributed by atoms with Gasteiger partial charge in [0.05, 0.1) is 7.11 Å². The van der Waals surface area contributed by atoms with Gasteiger partial charge in [0.25, 0.3) is 0 Å². The van der Waals surface area contributed by atoms with Crippen molar-refractivity contribution in [3.8, 4) is 5.75 Å². The zero-order valence-corrected chi connectivity index (χ0v) is 12.3. The zero-order chi connectivity index (χ0) is 15.4. The van der Waals surface area contributed by atoms with Crippen LogP contribution in [0.15, 0.2) is 24.3 Å². The number of hydrogen-bond donors (Lipinski definition) is 2. The van der Waals surface area contributed by atoms with Gasteiger partial charge in [-0.2, -0.15) is 0 Å². The van der Waals surface area contributed by atoms with Crippen LogP contribution in [0.3, 0.4) is 0 Å². The first-order valence-electron chi connectivity index (χ1n) is 7.17. The Balaban J connectivity index is 1.90. The number of carboxylic acid groups (broad SMARTS) is 1. The second-order valence-electron chi connectivity index (χ2n) is 5.62. The minimum absolute atomic E-state index is 0.0969. The minimum Gasteiger partial charge on any atom is -0.497 e. The fourth-order valence-electron chi connectivity index (χ4n) is 2.31. The van der Waals surface area contributed by atoms with E-state index in [0.29, 0.717) is 6.42 Å². The summed E-state index contributed by atoms with van der Waals surface area (Å²) in [6.07, 6.45) is 2.33. The Hall–Kier alpha value is -2.04. The molecule has 1 aliphatic carbocycles. The molecule has 2 atom stereocenters. The summed E-state index contributed by atoms with van der Waals surface area (Å²) in [5.41, 5.74) is 1.02. The number of rotatable bonds is 7. The summed E-state index contributed by atoms with van der Waals surface area (Å²) in [5, 5.41) is 11.8. The molecule has 0 aliphatic heterocycles. The molecular formula is C16H21NO4. The average molecular weight is 291 g/mol. The first-order chi connectivity index (χ1) is 10.0. The first kappa shape index (κ1) is 15.4. The lowest BCUT2D eigenvalue weighted by Crippen LogP contribution is -2.44. The van der Waals surface area contributed by atoms with Gasteiger partial charge in [0.1, 0.15) is 11.8 Å². The van der Waals surface area contributed by atoms with Gasteiger partial charge in [-0.1, -0.05) is 19.1 Å². The third-order valence-corrected chi connectivity index (χ3v) is 3.81. The van der Waals surface area contributed by atoms with E-state index in [9.17, 15) is 9.59 Å². The third-order valence-electron chi connectivity index (χ3n) is 3.81. The van der Waals surface area contributed by atoms with Gasteiger partial charge in [-0.3, -0.25) is 4.79 Å². The fourth-order valence-corrected chi connectivity index (χ4v) is 2.31. The summed E-state index contributed by atoms with van der Waals surface area (Å²) in [6.45, 7) is 1.81. The molecule has 2 N–H and O–H groups in total. The molecule has 5 nitrogen and oxygen atoms in total. The van der Waals surface area contributed by atoms with E-state index in [1.54, 1.807) is 7.11 Å². The smallest absolute Gasteiger partial charge is 0.326 e. The molecule has 0 radical (unpaired) electrons. The highest BCUT2D eigenvalue weighted by molar-refractivity contribution is 5.85. The van der Waals surface area contributed by atoms with E-state index in [-0.39, 0.29) is 17.7 Å². The maximum absolute atomic E-state index is 12.1. The minimum atomic E-state index is -0.942. The second kappa shape index (κ2) is 6.61. The highest BCUT2D eigenvalue weighted by Gasteiger charge is 2.37. The number of carbonyl (C=O) groups excluding carboxylic acids is 1. The topological polar surface area (TPSA) is 75.6 Å². The Morgan fingerprint density at radius 1 is 1.33 bits per heavy atom. The number of benzene rings is 1. The van der Waals surface area contributed by atoms with Crippen molar-refractivity contribution in [1.29, 1.82) is 0 Å². The van der Waals surface area contributed by atoms with Gasteiger partial charge in [-0.25, -0.2) is 4.79 Å². The van der Waals surface area contributed by atoms with Gasteiger partial charge >= 0.3 is 5.97 Å². The van der Waals surface area contributed by atoms with Crippen LogP contribution >= 0.6 is 0 Å².